The van der Waals surface area contributed by atoms with Crippen LogP contribution >= 0.6 is 0 Å². The largest absolute Gasteiger partial charge is 0.383 e. The van der Waals surface area contributed by atoms with Crippen molar-refractivity contribution in [2.24, 2.45) is 5.92 Å². The first-order valence-corrected chi connectivity index (χ1v) is 6.20. The fourth-order valence-corrected chi connectivity index (χ4v) is 2.41. The fourth-order valence-electron chi connectivity index (χ4n) is 2.41. The molecule has 1 aliphatic rings. The van der Waals surface area contributed by atoms with E-state index in [-0.39, 0.29) is 17.6 Å². The van der Waals surface area contributed by atoms with Crippen molar-refractivity contribution in [1.29, 1.82) is 0 Å². The molecular weight excluding hydrogens is 233 g/mol. The van der Waals surface area contributed by atoms with Crippen molar-refractivity contribution >= 4 is 5.91 Å². The van der Waals surface area contributed by atoms with Gasteiger partial charge in [-0.1, -0.05) is 12.1 Å². The van der Waals surface area contributed by atoms with Gasteiger partial charge in [0.05, 0.1) is 6.61 Å². The number of ether oxygens (including phenoxy) is 1. The lowest BCUT2D eigenvalue weighted by Crippen LogP contribution is -2.28. The molecule has 0 aromatic heterocycles. The van der Waals surface area contributed by atoms with Crippen LogP contribution in [0.25, 0.3) is 0 Å². The Kier molecular flexibility index (Phi) is 4.31. The number of likely N-dealkylation sites (tertiary alicyclic amines) is 1. The summed E-state index contributed by atoms with van der Waals surface area (Å²) in [5.41, 5.74) is 0.960. The van der Waals surface area contributed by atoms with Crippen LogP contribution < -0.4 is 0 Å². The molecule has 0 spiro atoms. The smallest absolute Gasteiger partial charge is 0.223 e. The number of hydrogen-bond acceptors (Lipinski definition) is 2. The number of benzene rings is 1. The summed E-state index contributed by atoms with van der Waals surface area (Å²) in [4.78, 5) is 13.6. The molecule has 1 heterocycles. The van der Waals surface area contributed by atoms with Crippen LogP contribution in [0.15, 0.2) is 24.3 Å². The second-order valence-corrected chi connectivity index (χ2v) is 4.74. The van der Waals surface area contributed by atoms with Crippen LogP contribution in [0.3, 0.4) is 0 Å². The number of carbonyl (C=O) groups excluding carboxylic acids is 1. The van der Waals surface area contributed by atoms with Gasteiger partial charge in [0.1, 0.15) is 5.82 Å². The highest BCUT2D eigenvalue weighted by molar-refractivity contribution is 5.78. The van der Waals surface area contributed by atoms with Gasteiger partial charge in [0.2, 0.25) is 5.91 Å². The van der Waals surface area contributed by atoms with Crippen LogP contribution in [0.2, 0.25) is 0 Å². The average Bonchev–Trinajstić information content (AvgIpc) is 2.67. The molecule has 3 nitrogen and oxygen atoms in total. The molecule has 0 saturated carbocycles. The van der Waals surface area contributed by atoms with Crippen molar-refractivity contribution in [2.75, 3.05) is 26.8 Å². The second kappa shape index (κ2) is 5.96. The number of nitrogens with zero attached hydrogens (tertiary/aromatic N) is 1. The fraction of sp³-hybridized carbons (Fsp3) is 0.500. The number of methoxy groups -OCH3 is 1. The molecule has 1 aromatic rings. The van der Waals surface area contributed by atoms with E-state index in [4.69, 9.17) is 4.74 Å². The Hall–Kier alpha value is -1.42. The quantitative estimate of drug-likeness (QED) is 0.799. The van der Waals surface area contributed by atoms with Crippen molar-refractivity contribution in [2.45, 2.75) is 12.8 Å². The number of hydrogen-bond donors (Lipinski definition) is 0. The summed E-state index contributed by atoms with van der Waals surface area (Å²) >= 11 is 0. The molecule has 0 N–H and O–H groups in total. The van der Waals surface area contributed by atoms with Gasteiger partial charge in [0.25, 0.3) is 0 Å². The summed E-state index contributed by atoms with van der Waals surface area (Å²) in [5.74, 6) is 0.248. The highest BCUT2D eigenvalue weighted by atomic mass is 19.1. The van der Waals surface area contributed by atoms with Crippen LogP contribution in [0.5, 0.6) is 0 Å². The number of amides is 1. The molecule has 4 heteroatoms. The Morgan fingerprint density at radius 2 is 2.33 bits per heavy atom. The van der Waals surface area contributed by atoms with Crippen molar-refractivity contribution in [1.82, 2.24) is 4.90 Å². The van der Waals surface area contributed by atoms with Crippen molar-refractivity contribution in [3.8, 4) is 0 Å². The van der Waals surface area contributed by atoms with E-state index < -0.39 is 0 Å². The lowest BCUT2D eigenvalue weighted by Gasteiger charge is -2.15. The van der Waals surface area contributed by atoms with E-state index in [1.807, 2.05) is 11.0 Å². The maximum atomic E-state index is 13.1. The minimum absolute atomic E-state index is 0.174. The maximum Gasteiger partial charge on any atom is 0.223 e. The van der Waals surface area contributed by atoms with Crippen molar-refractivity contribution in [3.63, 3.8) is 0 Å². The first-order valence-electron chi connectivity index (χ1n) is 6.20. The predicted octanol–water partition coefficient (Wildman–Crippen LogP) is 1.86. The van der Waals surface area contributed by atoms with Crippen LogP contribution in [0.4, 0.5) is 4.39 Å². The number of carbonyl (C=O) groups is 1. The molecule has 1 saturated heterocycles. The summed E-state index contributed by atoms with van der Waals surface area (Å²) in [5, 5.41) is 0. The number of halogens is 1. The molecule has 1 aromatic carbocycles. The molecule has 0 aliphatic carbocycles. The molecule has 1 amide bonds. The average molecular weight is 251 g/mol. The molecular formula is C14H18FNO2. The third-order valence-electron chi connectivity index (χ3n) is 3.27. The predicted molar refractivity (Wildman–Crippen MR) is 66.7 cm³/mol. The highest BCUT2D eigenvalue weighted by Gasteiger charge is 2.29. The molecule has 18 heavy (non-hydrogen) atoms. The summed E-state index contributed by atoms with van der Waals surface area (Å²) in [7, 11) is 1.63. The molecule has 1 aliphatic heterocycles. The van der Waals surface area contributed by atoms with E-state index in [9.17, 15) is 9.18 Å². The van der Waals surface area contributed by atoms with Crippen LogP contribution in [-0.2, 0) is 16.0 Å². The van der Waals surface area contributed by atoms with Gasteiger partial charge in [-0.15, -0.1) is 0 Å². The first-order chi connectivity index (χ1) is 8.69. The monoisotopic (exact) mass is 251 g/mol. The van der Waals surface area contributed by atoms with Gasteiger partial charge in [-0.2, -0.15) is 0 Å². The lowest BCUT2D eigenvalue weighted by atomic mass is 9.98. The van der Waals surface area contributed by atoms with Gasteiger partial charge in [0.15, 0.2) is 0 Å². The van der Waals surface area contributed by atoms with E-state index in [1.54, 1.807) is 19.2 Å². The van der Waals surface area contributed by atoms with E-state index in [1.165, 1.54) is 6.07 Å². The third-order valence-corrected chi connectivity index (χ3v) is 3.27. The van der Waals surface area contributed by atoms with Gasteiger partial charge >= 0.3 is 0 Å². The zero-order valence-corrected chi connectivity index (χ0v) is 10.6. The molecule has 1 unspecified atom stereocenters. The van der Waals surface area contributed by atoms with E-state index in [0.717, 1.165) is 18.5 Å². The van der Waals surface area contributed by atoms with Gasteiger partial charge in [0, 0.05) is 26.6 Å². The van der Waals surface area contributed by atoms with E-state index in [2.05, 4.69) is 0 Å². The summed E-state index contributed by atoms with van der Waals surface area (Å²) in [6.45, 7) is 1.96. The van der Waals surface area contributed by atoms with E-state index >= 15 is 0 Å². The Balaban J connectivity index is 1.90. The molecule has 1 atom stereocenters. The standard InChI is InChI=1S/C14H18FNO2/c1-18-6-5-16-10-12(9-14(16)17)7-11-3-2-4-13(15)8-11/h2-4,8,12H,5-7,9-10H2,1H3. The summed E-state index contributed by atoms with van der Waals surface area (Å²) in [6.07, 6.45) is 1.31. The Bertz CT molecular complexity index is 422. The Labute approximate surface area is 107 Å². The molecule has 1 fully saturated rings. The highest BCUT2D eigenvalue weighted by Crippen LogP contribution is 2.22. The van der Waals surface area contributed by atoms with Gasteiger partial charge in [-0.25, -0.2) is 4.39 Å². The van der Waals surface area contributed by atoms with Crippen LogP contribution in [0.1, 0.15) is 12.0 Å². The van der Waals surface area contributed by atoms with Gasteiger partial charge < -0.3 is 9.64 Å². The zero-order chi connectivity index (χ0) is 13.0. The summed E-state index contributed by atoms with van der Waals surface area (Å²) < 4.78 is 18.0. The summed E-state index contributed by atoms with van der Waals surface area (Å²) in [6, 6.07) is 6.60. The van der Waals surface area contributed by atoms with Crippen LogP contribution in [-0.4, -0.2) is 37.6 Å². The van der Waals surface area contributed by atoms with Gasteiger partial charge in [-0.3, -0.25) is 4.79 Å². The van der Waals surface area contributed by atoms with E-state index in [0.29, 0.717) is 19.6 Å². The second-order valence-electron chi connectivity index (χ2n) is 4.74. The molecule has 98 valence electrons. The molecule has 2 rings (SSSR count). The zero-order valence-electron chi connectivity index (χ0n) is 10.6. The number of rotatable bonds is 5. The SMILES string of the molecule is COCCN1CC(Cc2cccc(F)c2)CC1=O. The van der Waals surface area contributed by atoms with Crippen LogP contribution in [0, 0.1) is 11.7 Å². The molecule has 0 radical (unpaired) electrons. The minimum Gasteiger partial charge on any atom is -0.383 e. The topological polar surface area (TPSA) is 29.5 Å². The van der Waals surface area contributed by atoms with Crippen molar-refractivity contribution in [3.05, 3.63) is 35.6 Å². The molecule has 0 bridgehead atoms. The Morgan fingerprint density at radius 3 is 3.06 bits per heavy atom. The van der Waals surface area contributed by atoms with Gasteiger partial charge in [-0.05, 0) is 30.0 Å². The lowest BCUT2D eigenvalue weighted by molar-refractivity contribution is -0.128. The normalized spacial score (nSPS) is 19.6. The first kappa shape index (κ1) is 13.0. The Morgan fingerprint density at radius 1 is 1.50 bits per heavy atom. The van der Waals surface area contributed by atoms with Crippen molar-refractivity contribution < 1.29 is 13.9 Å². The maximum absolute atomic E-state index is 13.1. The third kappa shape index (κ3) is 3.29. The minimum atomic E-state index is -0.215.